The van der Waals surface area contributed by atoms with Crippen molar-refractivity contribution in [1.82, 2.24) is 24.2 Å². The van der Waals surface area contributed by atoms with E-state index in [1.807, 2.05) is 30.3 Å². The smallest absolute Gasteiger partial charge is 0.0642 e. The van der Waals surface area contributed by atoms with Crippen LogP contribution < -0.4 is 0 Å². The fourth-order valence-electron chi connectivity index (χ4n) is 5.23. The van der Waals surface area contributed by atoms with Crippen LogP contribution >= 0.6 is 0 Å². The Kier molecular flexibility index (Phi) is 6.29. The summed E-state index contributed by atoms with van der Waals surface area (Å²) in [6, 6.07) is 13.2. The molecule has 0 saturated carbocycles. The third-order valence-electron chi connectivity index (χ3n) is 7.01. The van der Waals surface area contributed by atoms with Crippen LogP contribution in [0.5, 0.6) is 0 Å². The summed E-state index contributed by atoms with van der Waals surface area (Å²) in [5.41, 5.74) is 7.55. The molecule has 0 unspecified atom stereocenters. The SMILES string of the molecule is COCCn1c(C)c(CN2CCC[C@@H](c3ccc(-c4cnn(C)c4)cn3)C2)c2ccccc21. The first-order chi connectivity index (χ1) is 16.1. The van der Waals surface area contributed by atoms with Gasteiger partial charge in [0, 0.05) is 85.5 Å². The zero-order valence-corrected chi connectivity index (χ0v) is 19.9. The Balaban J connectivity index is 1.34. The second-order valence-electron chi connectivity index (χ2n) is 9.17. The van der Waals surface area contributed by atoms with Crippen LogP contribution in [0.25, 0.3) is 22.0 Å². The highest BCUT2D eigenvalue weighted by atomic mass is 16.5. The number of hydrogen-bond donors (Lipinski definition) is 0. The van der Waals surface area contributed by atoms with Gasteiger partial charge in [0.2, 0.25) is 0 Å². The zero-order valence-electron chi connectivity index (χ0n) is 19.9. The molecule has 4 aromatic rings. The van der Waals surface area contributed by atoms with Crippen molar-refractivity contribution in [1.29, 1.82) is 0 Å². The third kappa shape index (κ3) is 4.45. The Morgan fingerprint density at radius 2 is 1.97 bits per heavy atom. The molecule has 0 N–H and O–H groups in total. The number of ether oxygens (including phenoxy) is 1. The number of pyridine rings is 1. The van der Waals surface area contributed by atoms with Crippen LogP contribution in [0.15, 0.2) is 55.0 Å². The van der Waals surface area contributed by atoms with E-state index >= 15 is 0 Å². The standard InChI is InChI=1S/C27H33N5O/c1-20-25(24-8-4-5-9-27(24)32(20)13-14-33-3)19-31-12-6-7-22(18-31)26-11-10-21(15-28-26)23-16-29-30(2)17-23/h4-5,8-11,15-17,22H,6-7,12-14,18-19H2,1-3H3/t22-/m1/s1. The molecule has 33 heavy (non-hydrogen) atoms. The summed E-state index contributed by atoms with van der Waals surface area (Å²) >= 11 is 0. The van der Waals surface area contributed by atoms with Crippen molar-refractivity contribution in [2.75, 3.05) is 26.8 Å². The minimum absolute atomic E-state index is 0.476. The Morgan fingerprint density at radius 1 is 1.09 bits per heavy atom. The van der Waals surface area contributed by atoms with E-state index in [1.165, 1.54) is 40.7 Å². The summed E-state index contributed by atoms with van der Waals surface area (Å²) in [5.74, 6) is 0.476. The number of aryl methyl sites for hydroxylation is 1. The molecule has 1 aliphatic rings. The number of benzene rings is 1. The van der Waals surface area contributed by atoms with Gasteiger partial charge in [-0.05, 0) is 44.0 Å². The van der Waals surface area contributed by atoms with E-state index < -0.39 is 0 Å². The van der Waals surface area contributed by atoms with Crippen LogP contribution in [0.1, 0.15) is 35.7 Å². The van der Waals surface area contributed by atoms with Crippen LogP contribution in [-0.2, 0) is 24.9 Å². The number of rotatable bonds is 7. The van der Waals surface area contributed by atoms with Crippen LogP contribution in [-0.4, -0.2) is 51.0 Å². The number of para-hydroxylation sites is 1. The van der Waals surface area contributed by atoms with Crippen molar-refractivity contribution in [2.45, 2.75) is 38.8 Å². The lowest BCUT2D eigenvalue weighted by molar-refractivity contribution is 0.187. The zero-order chi connectivity index (χ0) is 22.8. The first-order valence-electron chi connectivity index (χ1n) is 11.9. The lowest BCUT2D eigenvalue weighted by Gasteiger charge is -2.32. The van der Waals surface area contributed by atoms with Crippen LogP contribution in [0.3, 0.4) is 0 Å². The molecule has 1 fully saturated rings. The summed E-state index contributed by atoms with van der Waals surface area (Å²) in [6.45, 7) is 7.05. The van der Waals surface area contributed by atoms with Gasteiger partial charge in [-0.25, -0.2) is 0 Å². The Hall–Kier alpha value is -2.96. The summed E-state index contributed by atoms with van der Waals surface area (Å²) in [7, 11) is 3.71. The normalized spacial score (nSPS) is 17.1. The molecule has 0 aliphatic carbocycles. The molecule has 6 heteroatoms. The molecule has 1 atom stereocenters. The molecule has 6 nitrogen and oxygen atoms in total. The maximum Gasteiger partial charge on any atom is 0.0642 e. The quantitative estimate of drug-likeness (QED) is 0.413. The fraction of sp³-hybridized carbons (Fsp3) is 0.407. The van der Waals surface area contributed by atoms with Gasteiger partial charge in [-0.15, -0.1) is 0 Å². The van der Waals surface area contributed by atoms with Crippen LogP contribution in [0.2, 0.25) is 0 Å². The van der Waals surface area contributed by atoms with Crippen molar-refractivity contribution in [2.24, 2.45) is 7.05 Å². The van der Waals surface area contributed by atoms with Gasteiger partial charge in [-0.1, -0.05) is 24.3 Å². The largest absolute Gasteiger partial charge is 0.383 e. The second kappa shape index (κ2) is 9.49. The van der Waals surface area contributed by atoms with E-state index in [-0.39, 0.29) is 0 Å². The number of methoxy groups -OCH3 is 1. The molecule has 0 bridgehead atoms. The van der Waals surface area contributed by atoms with E-state index in [0.29, 0.717) is 5.92 Å². The lowest BCUT2D eigenvalue weighted by Crippen LogP contribution is -2.34. The summed E-state index contributed by atoms with van der Waals surface area (Å²) in [6.07, 6.45) is 8.33. The first-order valence-corrected chi connectivity index (χ1v) is 11.9. The first kappa shape index (κ1) is 21.9. The summed E-state index contributed by atoms with van der Waals surface area (Å²) in [4.78, 5) is 7.46. The van der Waals surface area contributed by atoms with Gasteiger partial charge in [0.25, 0.3) is 0 Å². The van der Waals surface area contributed by atoms with Crippen molar-refractivity contribution in [3.63, 3.8) is 0 Å². The van der Waals surface area contributed by atoms with E-state index in [4.69, 9.17) is 9.72 Å². The van der Waals surface area contributed by atoms with E-state index in [2.05, 4.69) is 57.9 Å². The number of nitrogens with zero attached hydrogens (tertiary/aromatic N) is 5. The molecule has 5 rings (SSSR count). The molecule has 4 heterocycles. The molecule has 1 aliphatic heterocycles. The van der Waals surface area contributed by atoms with Crippen molar-refractivity contribution in [3.8, 4) is 11.1 Å². The lowest BCUT2D eigenvalue weighted by atomic mass is 9.93. The van der Waals surface area contributed by atoms with Crippen molar-refractivity contribution < 1.29 is 4.74 Å². The molecule has 0 radical (unpaired) electrons. The van der Waals surface area contributed by atoms with Crippen molar-refractivity contribution >= 4 is 10.9 Å². The van der Waals surface area contributed by atoms with Gasteiger partial charge in [-0.3, -0.25) is 14.6 Å². The van der Waals surface area contributed by atoms with Gasteiger partial charge in [0.15, 0.2) is 0 Å². The Morgan fingerprint density at radius 3 is 2.73 bits per heavy atom. The highest BCUT2D eigenvalue weighted by molar-refractivity contribution is 5.85. The minimum Gasteiger partial charge on any atom is -0.383 e. The number of hydrogen-bond acceptors (Lipinski definition) is 4. The molecule has 3 aromatic heterocycles. The number of likely N-dealkylation sites (tertiary alicyclic amines) is 1. The molecule has 0 amide bonds. The molecule has 1 aromatic carbocycles. The maximum absolute atomic E-state index is 5.37. The average Bonchev–Trinajstić information content (AvgIpc) is 3.39. The predicted molar refractivity (Wildman–Crippen MR) is 132 cm³/mol. The second-order valence-corrected chi connectivity index (χ2v) is 9.17. The van der Waals surface area contributed by atoms with Gasteiger partial charge < -0.3 is 9.30 Å². The van der Waals surface area contributed by atoms with Gasteiger partial charge in [-0.2, -0.15) is 5.10 Å². The molecule has 1 saturated heterocycles. The van der Waals surface area contributed by atoms with Gasteiger partial charge in [0.1, 0.15) is 0 Å². The van der Waals surface area contributed by atoms with E-state index in [1.54, 1.807) is 7.11 Å². The number of piperidine rings is 1. The van der Waals surface area contributed by atoms with E-state index in [9.17, 15) is 0 Å². The van der Waals surface area contributed by atoms with Gasteiger partial charge in [0.05, 0.1) is 12.8 Å². The molecular formula is C27H33N5O. The molecule has 172 valence electrons. The Labute approximate surface area is 195 Å². The maximum atomic E-state index is 5.37. The number of aromatic nitrogens is 4. The topological polar surface area (TPSA) is 48.1 Å². The highest BCUT2D eigenvalue weighted by Gasteiger charge is 2.24. The van der Waals surface area contributed by atoms with Crippen molar-refractivity contribution in [3.05, 3.63) is 71.9 Å². The van der Waals surface area contributed by atoms with Gasteiger partial charge >= 0.3 is 0 Å². The minimum atomic E-state index is 0.476. The number of fused-ring (bicyclic) bond motifs is 1. The monoisotopic (exact) mass is 443 g/mol. The van der Waals surface area contributed by atoms with Crippen LogP contribution in [0, 0.1) is 6.92 Å². The summed E-state index contributed by atoms with van der Waals surface area (Å²) < 4.78 is 9.61. The third-order valence-corrected chi connectivity index (χ3v) is 7.01. The average molecular weight is 444 g/mol. The molecule has 0 spiro atoms. The predicted octanol–water partition coefficient (Wildman–Crippen LogP) is 4.77. The molecular weight excluding hydrogens is 410 g/mol. The Bertz CT molecular complexity index is 1220. The fourth-order valence-corrected chi connectivity index (χ4v) is 5.23. The van der Waals surface area contributed by atoms with E-state index in [0.717, 1.165) is 43.9 Å². The van der Waals surface area contributed by atoms with Crippen LogP contribution in [0.4, 0.5) is 0 Å². The summed E-state index contributed by atoms with van der Waals surface area (Å²) in [5, 5.41) is 5.64. The highest BCUT2D eigenvalue weighted by Crippen LogP contribution is 2.31.